The molecule has 2 heterocycles. The second-order valence-electron chi connectivity index (χ2n) is 4.79. The summed E-state index contributed by atoms with van der Waals surface area (Å²) in [6.45, 7) is 11.3. The van der Waals surface area contributed by atoms with Gasteiger partial charge in [-0.15, -0.1) is 26.2 Å². The van der Waals surface area contributed by atoms with Gasteiger partial charge in [-0.05, 0) is 26.2 Å². The van der Waals surface area contributed by atoms with Crippen molar-refractivity contribution >= 4 is 20.2 Å². The van der Waals surface area contributed by atoms with E-state index in [-0.39, 0.29) is 13.1 Å². The first kappa shape index (κ1) is 18.0. The van der Waals surface area contributed by atoms with Crippen molar-refractivity contribution in [3.8, 4) is 0 Å². The average molecular weight is 350 g/mol. The van der Waals surface area contributed by atoms with E-state index in [9.17, 15) is 0 Å². The van der Waals surface area contributed by atoms with Crippen LogP contribution < -0.4 is 0 Å². The first-order valence-electron chi connectivity index (χ1n) is 6.95. The molecule has 0 amide bonds. The van der Waals surface area contributed by atoms with Crippen molar-refractivity contribution in [2.45, 2.75) is 12.8 Å². The molecule has 0 aromatic heterocycles. The summed E-state index contributed by atoms with van der Waals surface area (Å²) in [5.41, 5.74) is 0. The molecule has 0 aliphatic carbocycles. The first-order valence-corrected chi connectivity index (χ1v) is 10.2. The standard InChI is InChI=1S/C12H24N4.2ClH.Mn/c1-3-13-5-10-16-8-2-4-14-6-9-15(7-1)11-12-16;;;/h1-12H2;2*1H;/q-2;;;+2/p-2. The topological polar surface area (TPSA) is 34.7 Å². The van der Waals surface area contributed by atoms with Crippen LogP contribution in [0.15, 0.2) is 0 Å². The molecule has 2 aliphatic heterocycles. The van der Waals surface area contributed by atoms with Crippen LogP contribution in [0.1, 0.15) is 12.8 Å². The van der Waals surface area contributed by atoms with E-state index in [4.69, 9.17) is 20.2 Å². The van der Waals surface area contributed by atoms with Crippen LogP contribution in [0.2, 0.25) is 0 Å². The Morgan fingerprint density at radius 2 is 1.05 bits per heavy atom. The predicted octanol–water partition coefficient (Wildman–Crippen LogP) is 2.52. The van der Waals surface area contributed by atoms with E-state index in [2.05, 4.69) is 20.4 Å². The zero-order chi connectivity index (χ0) is 13.8. The van der Waals surface area contributed by atoms with Crippen molar-refractivity contribution < 1.29 is 13.1 Å². The summed E-state index contributed by atoms with van der Waals surface area (Å²) in [5, 5.41) is 9.17. The number of rotatable bonds is 0. The van der Waals surface area contributed by atoms with Crippen LogP contribution in [-0.4, -0.2) is 75.2 Å². The molecule has 7 heteroatoms. The summed E-state index contributed by atoms with van der Waals surface area (Å²) >= 11 is 0.00694. The molecule has 115 valence electrons. The second-order valence-corrected chi connectivity index (χ2v) is 6.74. The van der Waals surface area contributed by atoms with Gasteiger partial charge in [0.05, 0.1) is 0 Å². The van der Waals surface area contributed by atoms with Crippen LogP contribution in [0.4, 0.5) is 0 Å². The van der Waals surface area contributed by atoms with Gasteiger partial charge in [-0.2, -0.15) is 0 Å². The number of halogens is 2. The van der Waals surface area contributed by atoms with Crippen molar-refractivity contribution in [2.24, 2.45) is 0 Å². The molecule has 2 atom stereocenters. The van der Waals surface area contributed by atoms with Gasteiger partial charge in [0.15, 0.2) is 0 Å². The Bertz CT molecular complexity index is 176. The molecule has 2 fully saturated rings. The van der Waals surface area contributed by atoms with Crippen molar-refractivity contribution in [3.63, 3.8) is 0 Å². The molecule has 19 heavy (non-hydrogen) atoms. The van der Waals surface area contributed by atoms with E-state index in [1.165, 1.54) is 39.0 Å². The zero-order valence-corrected chi connectivity index (χ0v) is 14.1. The van der Waals surface area contributed by atoms with Gasteiger partial charge in [0.25, 0.3) is 0 Å². The monoisotopic (exact) mass is 349 g/mol. The maximum atomic E-state index is 4.80. The molecule has 2 saturated heterocycles. The third-order valence-corrected chi connectivity index (χ3v) is 3.46. The summed E-state index contributed by atoms with van der Waals surface area (Å²) in [4.78, 5) is 5.12. The van der Waals surface area contributed by atoms with Crippen LogP contribution in [0, 0.1) is 0 Å². The molecule has 2 aliphatic rings. The fourth-order valence-corrected chi connectivity index (χ4v) is 2.41. The predicted molar refractivity (Wildman–Crippen MR) is 80.0 cm³/mol. The molecular weight excluding hydrogens is 326 g/mol. The van der Waals surface area contributed by atoms with Crippen LogP contribution >= 0.6 is 20.2 Å². The Kier molecular flexibility index (Phi) is 12.0. The third kappa shape index (κ3) is 9.48. The average Bonchev–Trinajstić information content (AvgIpc) is 2.43. The van der Waals surface area contributed by atoms with Gasteiger partial charge in [-0.1, -0.05) is 12.8 Å². The van der Waals surface area contributed by atoms with Crippen LogP contribution in [-0.2, 0) is 13.1 Å². The molecule has 0 N–H and O–H groups in total. The fraction of sp³-hybridized carbons (Fsp3) is 1.00. The van der Waals surface area contributed by atoms with E-state index < -0.39 is 0 Å². The first-order chi connectivity index (χ1) is 9.36. The van der Waals surface area contributed by atoms with Crippen molar-refractivity contribution in [2.75, 3.05) is 65.4 Å². The van der Waals surface area contributed by atoms with Gasteiger partial charge in [0.2, 0.25) is 0 Å². The Morgan fingerprint density at radius 1 is 0.632 bits per heavy atom. The van der Waals surface area contributed by atoms with Gasteiger partial charge in [-0.25, -0.2) is 0 Å². The van der Waals surface area contributed by atoms with E-state index in [1.807, 2.05) is 0 Å². The normalized spacial score (nSPS) is 30.0. The molecule has 4 nitrogen and oxygen atoms in total. The molecule has 0 spiro atoms. The van der Waals surface area contributed by atoms with E-state index in [0.717, 1.165) is 39.3 Å². The molecule has 2 bridgehead atoms. The Balaban J connectivity index is 0.000000550. The molecular formula is C12H24Cl2MnN4-2. The quantitative estimate of drug-likeness (QED) is 0.630. The number of hydrogen-bond donors (Lipinski definition) is 0. The van der Waals surface area contributed by atoms with Gasteiger partial charge < -0.3 is 20.4 Å². The molecule has 0 saturated carbocycles. The van der Waals surface area contributed by atoms with E-state index in [0.29, 0.717) is 0 Å². The van der Waals surface area contributed by atoms with Crippen LogP contribution in [0.3, 0.4) is 0 Å². The molecule has 2 rings (SSSR count). The summed E-state index contributed by atoms with van der Waals surface area (Å²) < 4.78 is 0. The third-order valence-electron chi connectivity index (χ3n) is 3.46. The van der Waals surface area contributed by atoms with Gasteiger partial charge in [0, 0.05) is 13.1 Å². The van der Waals surface area contributed by atoms with Gasteiger partial charge in [-0.3, -0.25) is 0 Å². The van der Waals surface area contributed by atoms with Gasteiger partial charge >= 0.3 is 33.3 Å². The Labute approximate surface area is 132 Å². The molecule has 0 aromatic rings. The van der Waals surface area contributed by atoms with Crippen molar-refractivity contribution in [3.05, 3.63) is 10.6 Å². The van der Waals surface area contributed by atoms with E-state index >= 15 is 0 Å². The summed E-state index contributed by atoms with van der Waals surface area (Å²) in [7, 11) is 9.59. The fourth-order valence-electron chi connectivity index (χ4n) is 2.41. The zero-order valence-electron chi connectivity index (χ0n) is 11.4. The summed E-state index contributed by atoms with van der Waals surface area (Å²) in [6, 6.07) is 0. The van der Waals surface area contributed by atoms with Crippen molar-refractivity contribution in [1.82, 2.24) is 9.80 Å². The van der Waals surface area contributed by atoms with Crippen molar-refractivity contribution in [1.29, 1.82) is 0 Å². The maximum absolute atomic E-state index is 4.80. The minimum atomic E-state index is 0.00694. The molecule has 0 radical (unpaired) electrons. The van der Waals surface area contributed by atoms with E-state index in [1.54, 1.807) is 0 Å². The summed E-state index contributed by atoms with van der Waals surface area (Å²) in [5.74, 6) is 0. The number of nitrogens with zero attached hydrogens (tertiary/aromatic N) is 4. The SMILES string of the molecule is C1C[N-]CCN2CCC[N-]CCN(C1)CC2.[Cl][Mn][Cl]. The molecule has 2 unspecified atom stereocenters. The Morgan fingerprint density at radius 3 is 1.47 bits per heavy atom. The van der Waals surface area contributed by atoms with Gasteiger partial charge in [0.1, 0.15) is 0 Å². The second kappa shape index (κ2) is 12.7. The summed E-state index contributed by atoms with van der Waals surface area (Å²) in [6.07, 6.45) is 2.44. The Hall–Kier alpha value is 0.939. The van der Waals surface area contributed by atoms with Crippen LogP contribution in [0.5, 0.6) is 0 Å². The van der Waals surface area contributed by atoms with Crippen LogP contribution in [0.25, 0.3) is 10.6 Å². The molecule has 0 aromatic carbocycles. The number of fused-ring (bicyclic) bond motifs is 3. The number of hydrogen-bond acceptors (Lipinski definition) is 2. The minimum absolute atomic E-state index is 0.00694.